The van der Waals surface area contributed by atoms with Gasteiger partial charge in [-0.15, -0.1) is 0 Å². The standard InChI is InChI=1S/C19H28N4O3/c1-12(2)17(21-18(24)16-7-6-8-26-16)19(25)20-10-13(3)11-23-15(5)9-14(4)22-23/h6-9,12-13,17H,10-11H2,1-5H3,(H,20,25)(H,21,24)/t13-,17-/m0/s1. The lowest BCUT2D eigenvalue weighted by atomic mass is 10.0. The number of hydrogen-bond acceptors (Lipinski definition) is 4. The van der Waals surface area contributed by atoms with Crippen LogP contribution in [0.25, 0.3) is 0 Å². The highest BCUT2D eigenvalue weighted by Crippen LogP contribution is 2.08. The first-order valence-corrected chi connectivity index (χ1v) is 8.91. The fourth-order valence-corrected chi connectivity index (χ4v) is 2.76. The van der Waals surface area contributed by atoms with Crippen molar-refractivity contribution >= 4 is 11.8 Å². The predicted molar refractivity (Wildman–Crippen MR) is 98.7 cm³/mol. The molecule has 2 aromatic rings. The number of nitrogens with zero attached hydrogens (tertiary/aromatic N) is 2. The summed E-state index contributed by atoms with van der Waals surface area (Å²) in [7, 11) is 0. The topological polar surface area (TPSA) is 89.2 Å². The maximum atomic E-state index is 12.5. The largest absolute Gasteiger partial charge is 0.459 e. The predicted octanol–water partition coefficient (Wildman–Crippen LogP) is 2.30. The van der Waals surface area contributed by atoms with E-state index in [1.54, 1.807) is 12.1 Å². The second kappa shape index (κ2) is 8.69. The van der Waals surface area contributed by atoms with Crippen LogP contribution < -0.4 is 10.6 Å². The van der Waals surface area contributed by atoms with Gasteiger partial charge in [0, 0.05) is 18.8 Å². The third-order valence-electron chi connectivity index (χ3n) is 4.19. The molecule has 0 saturated carbocycles. The zero-order valence-corrected chi connectivity index (χ0v) is 16.1. The number of hydrogen-bond donors (Lipinski definition) is 2. The lowest BCUT2D eigenvalue weighted by Gasteiger charge is -2.22. The lowest BCUT2D eigenvalue weighted by Crippen LogP contribution is -2.50. The first kappa shape index (κ1) is 19.8. The van der Waals surface area contributed by atoms with Crippen LogP contribution in [0, 0.1) is 25.7 Å². The molecule has 26 heavy (non-hydrogen) atoms. The van der Waals surface area contributed by atoms with Crippen molar-refractivity contribution in [2.24, 2.45) is 11.8 Å². The highest BCUT2D eigenvalue weighted by Gasteiger charge is 2.25. The maximum Gasteiger partial charge on any atom is 0.287 e. The van der Waals surface area contributed by atoms with Crippen LogP contribution in [0.5, 0.6) is 0 Å². The van der Waals surface area contributed by atoms with Crippen molar-refractivity contribution in [1.29, 1.82) is 0 Å². The first-order valence-electron chi connectivity index (χ1n) is 8.91. The quantitative estimate of drug-likeness (QED) is 0.756. The third-order valence-corrected chi connectivity index (χ3v) is 4.19. The minimum absolute atomic E-state index is 0.0415. The van der Waals surface area contributed by atoms with Gasteiger partial charge < -0.3 is 15.1 Å². The molecule has 0 bridgehead atoms. The van der Waals surface area contributed by atoms with Crippen LogP contribution >= 0.6 is 0 Å². The Labute approximate surface area is 154 Å². The van der Waals surface area contributed by atoms with E-state index in [1.165, 1.54) is 6.26 Å². The molecule has 142 valence electrons. The lowest BCUT2D eigenvalue weighted by molar-refractivity contribution is -0.124. The summed E-state index contributed by atoms with van der Waals surface area (Å²) in [5.74, 6) is -0.216. The number of amides is 2. The van der Waals surface area contributed by atoms with Gasteiger partial charge in [0.1, 0.15) is 6.04 Å². The number of carbonyl (C=O) groups excluding carboxylic acids is 2. The Morgan fingerprint density at radius 1 is 1.27 bits per heavy atom. The molecule has 7 nitrogen and oxygen atoms in total. The molecule has 0 aromatic carbocycles. The minimum Gasteiger partial charge on any atom is -0.459 e. The Kier molecular flexibility index (Phi) is 6.60. The van der Waals surface area contributed by atoms with Gasteiger partial charge in [0.2, 0.25) is 5.91 Å². The van der Waals surface area contributed by atoms with Crippen LogP contribution in [0.2, 0.25) is 0 Å². The molecule has 2 aromatic heterocycles. The molecule has 0 fully saturated rings. The van der Waals surface area contributed by atoms with Gasteiger partial charge in [0.05, 0.1) is 12.0 Å². The smallest absolute Gasteiger partial charge is 0.287 e. The summed E-state index contributed by atoms with van der Waals surface area (Å²) in [6, 6.07) is 4.62. The minimum atomic E-state index is -0.617. The Hall–Kier alpha value is -2.57. The summed E-state index contributed by atoms with van der Waals surface area (Å²) >= 11 is 0. The van der Waals surface area contributed by atoms with Crippen LogP contribution in [0.15, 0.2) is 28.9 Å². The van der Waals surface area contributed by atoms with Crippen molar-refractivity contribution in [3.05, 3.63) is 41.6 Å². The van der Waals surface area contributed by atoms with E-state index < -0.39 is 6.04 Å². The van der Waals surface area contributed by atoms with E-state index in [4.69, 9.17) is 4.42 Å². The molecule has 0 radical (unpaired) electrons. The first-order chi connectivity index (χ1) is 12.3. The molecular formula is C19H28N4O3. The zero-order valence-electron chi connectivity index (χ0n) is 16.1. The molecule has 2 rings (SSSR count). The van der Waals surface area contributed by atoms with E-state index in [0.29, 0.717) is 6.54 Å². The molecule has 0 spiro atoms. The van der Waals surface area contributed by atoms with Gasteiger partial charge in [-0.2, -0.15) is 5.10 Å². The van der Waals surface area contributed by atoms with Crippen molar-refractivity contribution in [2.45, 2.75) is 47.2 Å². The summed E-state index contributed by atoms with van der Waals surface area (Å²) in [6.07, 6.45) is 1.43. The normalized spacial score (nSPS) is 13.5. The number of furan rings is 1. The Balaban J connectivity index is 1.88. The maximum absolute atomic E-state index is 12.5. The second-order valence-electron chi connectivity index (χ2n) is 7.13. The summed E-state index contributed by atoms with van der Waals surface area (Å²) in [6.45, 7) is 11.1. The number of aromatic nitrogens is 2. The molecule has 0 aliphatic rings. The fraction of sp³-hybridized carbons (Fsp3) is 0.526. The Bertz CT molecular complexity index is 734. The van der Waals surface area contributed by atoms with Gasteiger partial charge in [-0.05, 0) is 43.9 Å². The van der Waals surface area contributed by atoms with Crippen molar-refractivity contribution in [3.8, 4) is 0 Å². The van der Waals surface area contributed by atoms with E-state index in [1.807, 2.05) is 38.4 Å². The summed E-state index contributed by atoms with van der Waals surface area (Å²) in [5.41, 5.74) is 2.09. The molecule has 2 heterocycles. The summed E-state index contributed by atoms with van der Waals surface area (Å²) < 4.78 is 7.03. The summed E-state index contributed by atoms with van der Waals surface area (Å²) in [4.78, 5) is 24.7. The van der Waals surface area contributed by atoms with Crippen molar-refractivity contribution in [1.82, 2.24) is 20.4 Å². The van der Waals surface area contributed by atoms with E-state index in [0.717, 1.165) is 17.9 Å². The monoisotopic (exact) mass is 360 g/mol. The molecule has 2 atom stereocenters. The molecule has 2 N–H and O–H groups in total. The highest BCUT2D eigenvalue weighted by molar-refractivity contribution is 5.95. The average Bonchev–Trinajstić information content (AvgIpc) is 3.20. The van der Waals surface area contributed by atoms with Gasteiger partial charge in [-0.1, -0.05) is 20.8 Å². The van der Waals surface area contributed by atoms with Crippen molar-refractivity contribution in [3.63, 3.8) is 0 Å². The molecule has 0 unspecified atom stereocenters. The number of rotatable bonds is 8. The number of carbonyl (C=O) groups is 2. The zero-order chi connectivity index (χ0) is 19.3. The van der Waals surface area contributed by atoms with Gasteiger partial charge in [-0.25, -0.2) is 0 Å². The van der Waals surface area contributed by atoms with E-state index in [-0.39, 0.29) is 29.4 Å². The van der Waals surface area contributed by atoms with E-state index >= 15 is 0 Å². The average molecular weight is 360 g/mol. The van der Waals surface area contributed by atoms with Crippen LogP contribution in [0.4, 0.5) is 0 Å². The Morgan fingerprint density at radius 3 is 2.54 bits per heavy atom. The molecular weight excluding hydrogens is 332 g/mol. The van der Waals surface area contributed by atoms with Gasteiger partial charge in [-0.3, -0.25) is 14.3 Å². The van der Waals surface area contributed by atoms with Crippen molar-refractivity contribution in [2.75, 3.05) is 6.54 Å². The molecule has 7 heteroatoms. The SMILES string of the molecule is Cc1cc(C)n(C[C@@H](C)CNC(=O)[C@@H](NC(=O)c2ccco2)C(C)C)n1. The molecule has 2 amide bonds. The van der Waals surface area contributed by atoms with Crippen LogP contribution in [-0.2, 0) is 11.3 Å². The van der Waals surface area contributed by atoms with Gasteiger partial charge in [0.15, 0.2) is 5.76 Å². The van der Waals surface area contributed by atoms with Crippen molar-refractivity contribution < 1.29 is 14.0 Å². The van der Waals surface area contributed by atoms with Gasteiger partial charge >= 0.3 is 0 Å². The van der Waals surface area contributed by atoms with E-state index in [9.17, 15) is 9.59 Å². The van der Waals surface area contributed by atoms with E-state index in [2.05, 4.69) is 22.7 Å². The Morgan fingerprint density at radius 2 is 2.00 bits per heavy atom. The third kappa shape index (κ3) is 5.21. The second-order valence-corrected chi connectivity index (χ2v) is 7.13. The number of nitrogens with one attached hydrogen (secondary N) is 2. The van der Waals surface area contributed by atoms with Crippen LogP contribution in [-0.4, -0.2) is 34.2 Å². The highest BCUT2D eigenvalue weighted by atomic mass is 16.3. The van der Waals surface area contributed by atoms with Crippen LogP contribution in [0.1, 0.15) is 42.7 Å². The molecule has 0 saturated heterocycles. The number of aryl methyl sites for hydroxylation is 2. The van der Waals surface area contributed by atoms with Gasteiger partial charge in [0.25, 0.3) is 5.91 Å². The summed E-state index contributed by atoms with van der Waals surface area (Å²) in [5, 5.41) is 10.1. The molecule has 0 aliphatic carbocycles. The fourth-order valence-electron chi connectivity index (χ4n) is 2.76. The molecule has 0 aliphatic heterocycles. The van der Waals surface area contributed by atoms with Crippen LogP contribution in [0.3, 0.4) is 0 Å².